The van der Waals surface area contributed by atoms with Crippen LogP contribution in [0.5, 0.6) is 0 Å². The quantitative estimate of drug-likeness (QED) is 0.786. The van der Waals surface area contributed by atoms with E-state index in [1.807, 2.05) is 0 Å². The summed E-state index contributed by atoms with van der Waals surface area (Å²) in [6.45, 7) is 2.42. The number of nitrogens with zero attached hydrogens (tertiary/aromatic N) is 5. The average Bonchev–Trinajstić information content (AvgIpc) is 2.79. The van der Waals surface area contributed by atoms with Gasteiger partial charge < -0.3 is 5.11 Å². The highest BCUT2D eigenvalue weighted by molar-refractivity contribution is 5.84. The van der Waals surface area contributed by atoms with Crippen LogP contribution < -0.4 is 5.56 Å². The summed E-state index contributed by atoms with van der Waals surface area (Å²) in [6, 6.07) is 3.07. The lowest BCUT2D eigenvalue weighted by Crippen LogP contribution is -2.24. The lowest BCUT2D eigenvalue weighted by atomic mass is 10.4. The van der Waals surface area contributed by atoms with Gasteiger partial charge in [0, 0.05) is 6.07 Å². The maximum absolute atomic E-state index is 11.5. The summed E-state index contributed by atoms with van der Waals surface area (Å²) >= 11 is 0. The Morgan fingerprint density at radius 2 is 2.17 bits per heavy atom. The van der Waals surface area contributed by atoms with Crippen molar-refractivity contribution in [2.24, 2.45) is 0 Å². The van der Waals surface area contributed by atoms with E-state index >= 15 is 0 Å². The van der Waals surface area contributed by atoms with Crippen LogP contribution in [0.15, 0.2) is 23.1 Å². The fourth-order valence-corrected chi connectivity index (χ4v) is 1.41. The molecule has 8 heteroatoms. The first-order valence-electron chi connectivity index (χ1n) is 5.24. The van der Waals surface area contributed by atoms with Crippen molar-refractivity contribution in [2.75, 3.05) is 0 Å². The van der Waals surface area contributed by atoms with Gasteiger partial charge in [-0.05, 0) is 13.0 Å². The smallest absolute Gasteiger partial charge is 0.358 e. The third-order valence-electron chi connectivity index (χ3n) is 2.30. The first kappa shape index (κ1) is 12.0. The van der Waals surface area contributed by atoms with Crippen LogP contribution in [0.25, 0.3) is 0 Å². The van der Waals surface area contributed by atoms with Crippen molar-refractivity contribution in [3.05, 3.63) is 40.1 Å². The Labute approximate surface area is 101 Å². The maximum Gasteiger partial charge on any atom is 0.358 e. The van der Waals surface area contributed by atoms with Crippen LogP contribution in [-0.4, -0.2) is 35.9 Å². The van der Waals surface area contributed by atoms with E-state index in [1.54, 1.807) is 13.0 Å². The van der Waals surface area contributed by atoms with Gasteiger partial charge >= 0.3 is 5.97 Å². The number of carbonyl (C=O) groups is 1. The second-order valence-corrected chi connectivity index (χ2v) is 3.71. The molecule has 2 rings (SSSR count). The topological polar surface area (TPSA) is 103 Å². The molecular weight excluding hydrogens is 238 g/mol. The number of aromatic carboxylic acids is 1. The minimum absolute atomic E-state index is 0.125. The fraction of sp³-hybridized carbons (Fsp3) is 0.300. The number of hydrogen-bond donors (Lipinski definition) is 1. The average molecular weight is 249 g/mol. The summed E-state index contributed by atoms with van der Waals surface area (Å²) in [7, 11) is 0. The largest absolute Gasteiger partial charge is 0.476 e. The highest BCUT2D eigenvalue weighted by Gasteiger charge is 2.08. The molecule has 0 unspecified atom stereocenters. The highest BCUT2D eigenvalue weighted by Crippen LogP contribution is 1.93. The van der Waals surface area contributed by atoms with Gasteiger partial charge in [0.25, 0.3) is 5.56 Å². The van der Waals surface area contributed by atoms with E-state index in [1.165, 1.54) is 21.6 Å². The molecule has 0 aliphatic carbocycles. The predicted octanol–water partition coefficient (Wildman–Crippen LogP) is -0.458. The fourth-order valence-electron chi connectivity index (χ4n) is 1.41. The van der Waals surface area contributed by atoms with E-state index in [0.29, 0.717) is 13.1 Å². The molecule has 1 N–H and O–H groups in total. The summed E-state index contributed by atoms with van der Waals surface area (Å²) in [4.78, 5) is 22.1. The normalized spacial score (nSPS) is 10.5. The van der Waals surface area contributed by atoms with Crippen molar-refractivity contribution in [3.63, 3.8) is 0 Å². The van der Waals surface area contributed by atoms with Gasteiger partial charge in [-0.2, -0.15) is 5.10 Å². The Morgan fingerprint density at radius 3 is 2.83 bits per heavy atom. The first-order chi connectivity index (χ1) is 8.56. The van der Waals surface area contributed by atoms with Crippen LogP contribution in [-0.2, 0) is 13.1 Å². The van der Waals surface area contributed by atoms with E-state index < -0.39 is 5.97 Å². The van der Waals surface area contributed by atoms with E-state index in [2.05, 4.69) is 15.4 Å². The molecule has 8 nitrogen and oxygen atoms in total. The lowest BCUT2D eigenvalue weighted by molar-refractivity contribution is 0.0690. The van der Waals surface area contributed by atoms with Gasteiger partial charge in [-0.3, -0.25) is 4.79 Å². The Morgan fingerprint density at radius 1 is 1.39 bits per heavy atom. The molecule has 0 fully saturated rings. The third-order valence-corrected chi connectivity index (χ3v) is 2.30. The standard InChI is InChI=1S/C10H11N5O3/c1-7-2-3-9(16)15(12-7)5-4-14-6-8(10(17)18)11-13-14/h2-3,6H,4-5H2,1H3,(H,17,18). The van der Waals surface area contributed by atoms with Gasteiger partial charge in [-0.1, -0.05) is 5.21 Å². The summed E-state index contributed by atoms with van der Waals surface area (Å²) in [5.74, 6) is -1.13. The number of aryl methyl sites for hydroxylation is 3. The molecule has 18 heavy (non-hydrogen) atoms. The molecular formula is C10H11N5O3. The minimum Gasteiger partial charge on any atom is -0.476 e. The molecule has 0 aromatic carbocycles. The molecule has 0 amide bonds. The first-order valence-corrected chi connectivity index (χ1v) is 5.24. The molecule has 2 aromatic rings. The van der Waals surface area contributed by atoms with Gasteiger partial charge in [-0.15, -0.1) is 5.10 Å². The van der Waals surface area contributed by atoms with Crippen molar-refractivity contribution in [1.29, 1.82) is 0 Å². The van der Waals surface area contributed by atoms with Crippen LogP contribution in [0.3, 0.4) is 0 Å². The van der Waals surface area contributed by atoms with Crippen LogP contribution in [0.1, 0.15) is 16.2 Å². The predicted molar refractivity (Wildman–Crippen MR) is 60.2 cm³/mol. The molecule has 0 saturated carbocycles. The summed E-state index contributed by atoms with van der Waals surface area (Å²) in [5.41, 5.74) is 0.401. The number of hydrogen-bond acceptors (Lipinski definition) is 5. The van der Waals surface area contributed by atoms with Crippen molar-refractivity contribution >= 4 is 5.97 Å². The van der Waals surface area contributed by atoms with Crippen LogP contribution in [0.2, 0.25) is 0 Å². The number of carboxylic acid groups (broad SMARTS) is 1. The van der Waals surface area contributed by atoms with Crippen LogP contribution in [0.4, 0.5) is 0 Å². The molecule has 0 bridgehead atoms. The molecule has 0 spiro atoms. The van der Waals surface area contributed by atoms with E-state index in [9.17, 15) is 9.59 Å². The zero-order chi connectivity index (χ0) is 13.1. The molecule has 0 aliphatic heterocycles. The van der Waals surface area contributed by atoms with Crippen molar-refractivity contribution in [1.82, 2.24) is 24.8 Å². The molecule has 0 saturated heterocycles. The van der Waals surface area contributed by atoms with E-state index in [-0.39, 0.29) is 11.3 Å². The van der Waals surface area contributed by atoms with E-state index in [0.717, 1.165) is 5.69 Å². The highest BCUT2D eigenvalue weighted by atomic mass is 16.4. The second kappa shape index (κ2) is 4.78. The SMILES string of the molecule is Cc1ccc(=O)n(CCn2cc(C(=O)O)nn2)n1. The monoisotopic (exact) mass is 249 g/mol. The Kier molecular flexibility index (Phi) is 3.18. The Bertz CT molecular complexity index is 630. The Balaban J connectivity index is 2.09. The molecule has 0 aliphatic rings. The van der Waals surface area contributed by atoms with Crippen LogP contribution in [0, 0.1) is 6.92 Å². The zero-order valence-electron chi connectivity index (χ0n) is 9.65. The van der Waals surface area contributed by atoms with Crippen LogP contribution >= 0.6 is 0 Å². The van der Waals surface area contributed by atoms with Gasteiger partial charge in [-0.25, -0.2) is 14.2 Å². The van der Waals surface area contributed by atoms with Gasteiger partial charge in [0.1, 0.15) is 0 Å². The zero-order valence-corrected chi connectivity index (χ0v) is 9.65. The van der Waals surface area contributed by atoms with Gasteiger partial charge in [0.2, 0.25) is 0 Å². The molecule has 2 aromatic heterocycles. The Hall–Kier alpha value is -2.51. The number of rotatable bonds is 4. The summed E-state index contributed by atoms with van der Waals surface area (Å²) < 4.78 is 2.66. The minimum atomic E-state index is -1.13. The van der Waals surface area contributed by atoms with Crippen molar-refractivity contribution < 1.29 is 9.90 Å². The molecule has 0 radical (unpaired) electrons. The van der Waals surface area contributed by atoms with Gasteiger partial charge in [0.05, 0.1) is 25.0 Å². The van der Waals surface area contributed by atoms with E-state index in [4.69, 9.17) is 5.11 Å². The molecule has 0 atom stereocenters. The lowest BCUT2D eigenvalue weighted by Gasteiger charge is -2.04. The molecule has 2 heterocycles. The number of aromatic nitrogens is 5. The van der Waals surface area contributed by atoms with Gasteiger partial charge in [0.15, 0.2) is 5.69 Å². The van der Waals surface area contributed by atoms with Crippen molar-refractivity contribution in [2.45, 2.75) is 20.0 Å². The molecule has 94 valence electrons. The maximum atomic E-state index is 11.5. The summed E-state index contributed by atoms with van der Waals surface area (Å²) in [6.07, 6.45) is 1.31. The third kappa shape index (κ3) is 2.59. The number of carboxylic acids is 1. The van der Waals surface area contributed by atoms with Crippen molar-refractivity contribution in [3.8, 4) is 0 Å². The second-order valence-electron chi connectivity index (χ2n) is 3.71. The summed E-state index contributed by atoms with van der Waals surface area (Å²) in [5, 5.41) is 19.9.